The molecule has 27 heavy (non-hydrogen) atoms. The third-order valence-electron chi connectivity index (χ3n) is 4.75. The molecule has 2 aromatic rings. The summed E-state index contributed by atoms with van der Waals surface area (Å²) in [6.45, 7) is 8.65. The van der Waals surface area contributed by atoms with Crippen LogP contribution in [0.1, 0.15) is 57.1 Å². The number of sulfone groups is 1. The first kappa shape index (κ1) is 19.5. The van der Waals surface area contributed by atoms with Crippen molar-refractivity contribution in [2.24, 2.45) is 0 Å². The average molecular weight is 390 g/mol. The van der Waals surface area contributed by atoms with E-state index in [-0.39, 0.29) is 17.5 Å². The topological polar surface area (TPSA) is 96.9 Å². The number of aromatic nitrogens is 3. The second-order valence-electron chi connectivity index (χ2n) is 7.66. The van der Waals surface area contributed by atoms with Crippen molar-refractivity contribution >= 4 is 27.3 Å². The van der Waals surface area contributed by atoms with Crippen LogP contribution < -0.4 is 10.6 Å². The fourth-order valence-corrected chi connectivity index (χ4v) is 5.01. The summed E-state index contributed by atoms with van der Waals surface area (Å²) in [4.78, 5) is 4.49. The molecule has 2 N–H and O–H groups in total. The molecular formula is C19H27N5O2S. The third kappa shape index (κ3) is 4.74. The highest BCUT2D eigenvalue weighted by Gasteiger charge is 2.28. The van der Waals surface area contributed by atoms with Crippen LogP contribution in [0.3, 0.4) is 0 Å². The minimum Gasteiger partial charge on any atom is -0.349 e. The molecule has 1 saturated heterocycles. The van der Waals surface area contributed by atoms with Crippen molar-refractivity contribution in [3.63, 3.8) is 0 Å². The van der Waals surface area contributed by atoms with E-state index in [1.54, 1.807) is 6.20 Å². The molecule has 0 bridgehead atoms. The van der Waals surface area contributed by atoms with E-state index in [1.165, 1.54) is 11.1 Å². The highest BCUT2D eigenvalue weighted by molar-refractivity contribution is 7.91. The SMILES string of the molecule is CC(C)c1cccc(C(C)C)c1Nc1cnnc(NC2CCS(=O)(=O)C2)n1. The van der Waals surface area contributed by atoms with Crippen molar-refractivity contribution in [2.75, 3.05) is 22.1 Å². The fraction of sp³-hybridized carbons (Fsp3) is 0.526. The lowest BCUT2D eigenvalue weighted by Gasteiger charge is -2.20. The number of para-hydroxylation sites is 1. The van der Waals surface area contributed by atoms with Gasteiger partial charge in [0.25, 0.3) is 0 Å². The van der Waals surface area contributed by atoms with Crippen molar-refractivity contribution in [1.29, 1.82) is 0 Å². The molecule has 0 amide bonds. The van der Waals surface area contributed by atoms with Crippen molar-refractivity contribution in [3.8, 4) is 0 Å². The third-order valence-corrected chi connectivity index (χ3v) is 6.52. The van der Waals surface area contributed by atoms with E-state index in [4.69, 9.17) is 0 Å². The first-order valence-corrected chi connectivity index (χ1v) is 11.1. The maximum Gasteiger partial charge on any atom is 0.244 e. The monoisotopic (exact) mass is 389 g/mol. The number of nitrogens with zero attached hydrogens (tertiary/aromatic N) is 3. The van der Waals surface area contributed by atoms with Gasteiger partial charge in [-0.05, 0) is 29.4 Å². The van der Waals surface area contributed by atoms with Crippen molar-refractivity contribution in [3.05, 3.63) is 35.5 Å². The van der Waals surface area contributed by atoms with Crippen LogP contribution in [0.2, 0.25) is 0 Å². The Balaban J connectivity index is 1.85. The first-order valence-electron chi connectivity index (χ1n) is 9.31. The van der Waals surface area contributed by atoms with E-state index >= 15 is 0 Å². The molecule has 7 nitrogen and oxygen atoms in total. The molecule has 0 saturated carbocycles. The summed E-state index contributed by atoms with van der Waals surface area (Å²) in [6, 6.07) is 6.16. The summed E-state index contributed by atoms with van der Waals surface area (Å²) in [5, 5.41) is 14.5. The molecule has 0 aliphatic carbocycles. The van der Waals surface area contributed by atoms with Crippen LogP contribution >= 0.6 is 0 Å². The summed E-state index contributed by atoms with van der Waals surface area (Å²) in [6.07, 6.45) is 2.15. The number of hydrogen-bond donors (Lipinski definition) is 2. The van der Waals surface area contributed by atoms with Gasteiger partial charge in [-0.3, -0.25) is 0 Å². The molecule has 1 aliphatic heterocycles. The standard InChI is InChI=1S/C19H27N5O2S/c1-12(2)15-6-5-7-16(13(3)4)18(15)22-17-10-20-24-19(23-17)21-14-8-9-27(25,26)11-14/h5-7,10,12-14H,8-9,11H2,1-4H3,(H2,21,22,23,24). The number of anilines is 3. The normalized spacial score (nSPS) is 18.8. The summed E-state index contributed by atoms with van der Waals surface area (Å²) in [5.41, 5.74) is 3.49. The fourth-order valence-electron chi connectivity index (χ4n) is 3.34. The summed E-state index contributed by atoms with van der Waals surface area (Å²) in [5.74, 6) is 1.97. The number of nitrogens with one attached hydrogen (secondary N) is 2. The molecule has 0 radical (unpaired) electrons. The number of benzene rings is 1. The molecule has 1 aromatic heterocycles. The maximum atomic E-state index is 11.6. The zero-order valence-corrected chi connectivity index (χ0v) is 17.0. The van der Waals surface area contributed by atoms with Crippen LogP contribution in [0.15, 0.2) is 24.4 Å². The Morgan fingerprint density at radius 3 is 2.33 bits per heavy atom. The van der Waals surface area contributed by atoms with Crippen LogP contribution in [0, 0.1) is 0 Å². The van der Waals surface area contributed by atoms with E-state index in [9.17, 15) is 8.42 Å². The van der Waals surface area contributed by atoms with Gasteiger partial charge in [0.15, 0.2) is 15.7 Å². The van der Waals surface area contributed by atoms with E-state index in [2.05, 4.69) is 71.7 Å². The molecular weight excluding hydrogens is 362 g/mol. The summed E-state index contributed by atoms with van der Waals surface area (Å²) >= 11 is 0. The molecule has 1 aliphatic rings. The minimum atomic E-state index is -2.96. The van der Waals surface area contributed by atoms with Crippen molar-refractivity contribution in [2.45, 2.75) is 52.0 Å². The van der Waals surface area contributed by atoms with Gasteiger partial charge >= 0.3 is 0 Å². The van der Waals surface area contributed by atoms with Gasteiger partial charge in [-0.1, -0.05) is 45.9 Å². The Kier molecular flexibility index (Phi) is 5.64. The molecule has 1 unspecified atom stereocenters. The summed E-state index contributed by atoms with van der Waals surface area (Å²) < 4.78 is 23.3. The molecule has 1 fully saturated rings. The van der Waals surface area contributed by atoms with Gasteiger partial charge in [-0.2, -0.15) is 10.1 Å². The van der Waals surface area contributed by atoms with E-state index < -0.39 is 9.84 Å². The second kappa shape index (κ2) is 7.80. The lowest BCUT2D eigenvalue weighted by atomic mass is 9.92. The van der Waals surface area contributed by atoms with Crippen LogP contribution in [0.5, 0.6) is 0 Å². The zero-order valence-electron chi connectivity index (χ0n) is 16.2. The minimum absolute atomic E-state index is 0.113. The molecule has 0 spiro atoms. The molecule has 1 atom stereocenters. The quantitative estimate of drug-likeness (QED) is 0.781. The van der Waals surface area contributed by atoms with E-state index in [0.29, 0.717) is 30.0 Å². The second-order valence-corrected chi connectivity index (χ2v) is 9.88. The smallest absolute Gasteiger partial charge is 0.244 e. The predicted molar refractivity (Wildman–Crippen MR) is 108 cm³/mol. The maximum absolute atomic E-state index is 11.6. The van der Waals surface area contributed by atoms with E-state index in [1.807, 2.05) is 0 Å². The van der Waals surface area contributed by atoms with Gasteiger partial charge in [0.1, 0.15) is 0 Å². The lowest BCUT2D eigenvalue weighted by molar-refractivity contribution is 0.602. The van der Waals surface area contributed by atoms with Crippen molar-refractivity contribution < 1.29 is 8.42 Å². The first-order chi connectivity index (χ1) is 12.7. The van der Waals surface area contributed by atoms with Crippen molar-refractivity contribution in [1.82, 2.24) is 15.2 Å². The Morgan fingerprint density at radius 1 is 1.11 bits per heavy atom. The van der Waals surface area contributed by atoms with E-state index in [0.717, 1.165) is 5.69 Å². The Labute approximate surface area is 160 Å². The van der Waals surface area contributed by atoms with Gasteiger partial charge in [-0.15, -0.1) is 5.10 Å². The average Bonchev–Trinajstić information content (AvgIpc) is 2.93. The molecule has 8 heteroatoms. The molecule has 2 heterocycles. The number of rotatable bonds is 6. The van der Waals surface area contributed by atoms with Crippen LogP contribution in [-0.4, -0.2) is 41.1 Å². The van der Waals surface area contributed by atoms with Crippen LogP contribution in [-0.2, 0) is 9.84 Å². The van der Waals surface area contributed by atoms with Gasteiger partial charge in [-0.25, -0.2) is 8.42 Å². The summed E-state index contributed by atoms with van der Waals surface area (Å²) in [7, 11) is -2.96. The molecule has 1 aromatic carbocycles. The Morgan fingerprint density at radius 2 is 1.78 bits per heavy atom. The van der Waals surface area contributed by atoms with Gasteiger partial charge in [0.2, 0.25) is 5.95 Å². The van der Waals surface area contributed by atoms with Crippen LogP contribution in [0.25, 0.3) is 0 Å². The Bertz CT molecular complexity index is 886. The highest BCUT2D eigenvalue weighted by Crippen LogP contribution is 2.34. The van der Waals surface area contributed by atoms with Gasteiger partial charge in [0.05, 0.1) is 17.7 Å². The lowest BCUT2D eigenvalue weighted by Crippen LogP contribution is -2.22. The zero-order chi connectivity index (χ0) is 19.6. The van der Waals surface area contributed by atoms with Gasteiger partial charge < -0.3 is 10.6 Å². The van der Waals surface area contributed by atoms with Crippen LogP contribution in [0.4, 0.5) is 17.5 Å². The Hall–Kier alpha value is -2.22. The predicted octanol–water partition coefficient (Wildman–Crippen LogP) is 3.46. The van der Waals surface area contributed by atoms with Gasteiger partial charge in [0, 0.05) is 11.7 Å². The molecule has 146 valence electrons. The molecule has 3 rings (SSSR count). The highest BCUT2D eigenvalue weighted by atomic mass is 32.2. The number of hydrogen-bond acceptors (Lipinski definition) is 7. The largest absolute Gasteiger partial charge is 0.349 e.